The Balaban J connectivity index is 1.66. The largest absolute Gasteiger partial charge is 0.348 e. The zero-order valence-electron chi connectivity index (χ0n) is 12.4. The Kier molecular flexibility index (Phi) is 4.69. The molecule has 3 rings (SSSR count). The second kappa shape index (κ2) is 7.07. The van der Waals surface area contributed by atoms with Crippen molar-refractivity contribution < 1.29 is 4.79 Å². The van der Waals surface area contributed by atoms with Gasteiger partial charge in [-0.25, -0.2) is 4.98 Å². The molecule has 3 aromatic rings. The minimum absolute atomic E-state index is 0.151. The topological polar surface area (TPSA) is 42.0 Å². The van der Waals surface area contributed by atoms with Crippen molar-refractivity contribution in [3.8, 4) is 0 Å². The maximum atomic E-state index is 11.9. The number of hydrogen-bond acceptors (Lipinski definition) is 2. The predicted octanol–water partition coefficient (Wildman–Crippen LogP) is 4.22. The third kappa shape index (κ3) is 4.18. The average Bonchev–Trinajstić information content (AvgIpc) is 2.58. The van der Waals surface area contributed by atoms with Crippen LogP contribution in [-0.4, -0.2) is 10.9 Å². The fraction of sp³-hybridized carbons (Fsp3) is 0.0526. The number of carbonyl (C=O) groups excluding carboxylic acids is 1. The van der Waals surface area contributed by atoms with Crippen LogP contribution in [0.2, 0.25) is 5.02 Å². The molecule has 4 heteroatoms. The molecule has 0 fully saturated rings. The molecular formula is C19H15ClN2O. The van der Waals surface area contributed by atoms with Crippen molar-refractivity contribution in [2.75, 3.05) is 0 Å². The quantitative estimate of drug-likeness (QED) is 0.731. The molecule has 0 aliphatic carbocycles. The summed E-state index contributed by atoms with van der Waals surface area (Å²) in [5.74, 6) is -0.151. The fourth-order valence-corrected chi connectivity index (χ4v) is 2.37. The van der Waals surface area contributed by atoms with E-state index in [0.717, 1.165) is 22.2 Å². The molecule has 1 heterocycles. The molecule has 1 N–H and O–H groups in total. The lowest BCUT2D eigenvalue weighted by Gasteiger charge is -2.02. The Bertz CT molecular complexity index is 860. The third-order valence-corrected chi connectivity index (χ3v) is 3.63. The van der Waals surface area contributed by atoms with Crippen molar-refractivity contribution >= 4 is 34.5 Å². The Hall–Kier alpha value is -2.65. The summed E-state index contributed by atoms with van der Waals surface area (Å²) in [6.45, 7) is 0.505. The smallest absolute Gasteiger partial charge is 0.244 e. The lowest BCUT2D eigenvalue weighted by atomic mass is 10.2. The van der Waals surface area contributed by atoms with E-state index >= 15 is 0 Å². The number of hydrogen-bond donors (Lipinski definition) is 1. The minimum atomic E-state index is -0.151. The van der Waals surface area contributed by atoms with Crippen LogP contribution in [0.25, 0.3) is 17.0 Å². The summed E-state index contributed by atoms with van der Waals surface area (Å²) in [6, 6.07) is 19.2. The van der Waals surface area contributed by atoms with E-state index in [1.165, 1.54) is 6.08 Å². The maximum absolute atomic E-state index is 11.9. The van der Waals surface area contributed by atoms with Crippen molar-refractivity contribution in [3.05, 3.63) is 83.0 Å². The first-order valence-corrected chi connectivity index (χ1v) is 7.65. The van der Waals surface area contributed by atoms with E-state index in [9.17, 15) is 4.79 Å². The SMILES string of the molecule is O=C(/C=C/c1ccc2ccc(Cl)cc2n1)NCc1ccccc1. The number of nitrogens with one attached hydrogen (secondary N) is 1. The van der Waals surface area contributed by atoms with Gasteiger partial charge in [0.1, 0.15) is 0 Å². The Morgan fingerprint density at radius 3 is 2.70 bits per heavy atom. The summed E-state index contributed by atoms with van der Waals surface area (Å²) < 4.78 is 0. The summed E-state index contributed by atoms with van der Waals surface area (Å²) in [6.07, 6.45) is 3.18. The van der Waals surface area contributed by atoms with Gasteiger partial charge in [-0.05, 0) is 29.8 Å². The van der Waals surface area contributed by atoms with Crippen LogP contribution in [0.5, 0.6) is 0 Å². The van der Waals surface area contributed by atoms with Gasteiger partial charge in [-0.2, -0.15) is 0 Å². The van der Waals surface area contributed by atoms with Crippen molar-refractivity contribution in [3.63, 3.8) is 0 Å². The fourth-order valence-electron chi connectivity index (χ4n) is 2.20. The second-order valence-electron chi connectivity index (χ2n) is 5.11. The molecular weight excluding hydrogens is 308 g/mol. The summed E-state index contributed by atoms with van der Waals surface area (Å²) in [4.78, 5) is 16.3. The lowest BCUT2D eigenvalue weighted by Crippen LogP contribution is -2.20. The number of benzene rings is 2. The van der Waals surface area contributed by atoms with Gasteiger partial charge in [0.15, 0.2) is 0 Å². The third-order valence-electron chi connectivity index (χ3n) is 3.39. The van der Waals surface area contributed by atoms with Crippen molar-refractivity contribution in [2.24, 2.45) is 0 Å². The van der Waals surface area contributed by atoms with E-state index < -0.39 is 0 Å². The summed E-state index contributed by atoms with van der Waals surface area (Å²) in [7, 11) is 0. The van der Waals surface area contributed by atoms with Gasteiger partial charge in [0.2, 0.25) is 5.91 Å². The first-order chi connectivity index (χ1) is 11.2. The van der Waals surface area contributed by atoms with E-state index in [0.29, 0.717) is 11.6 Å². The van der Waals surface area contributed by atoms with E-state index in [1.54, 1.807) is 6.08 Å². The van der Waals surface area contributed by atoms with Crippen LogP contribution < -0.4 is 5.32 Å². The van der Waals surface area contributed by atoms with E-state index in [4.69, 9.17) is 11.6 Å². The molecule has 0 saturated carbocycles. The molecule has 1 aromatic heterocycles. The molecule has 3 nitrogen and oxygen atoms in total. The maximum Gasteiger partial charge on any atom is 0.244 e. The van der Waals surface area contributed by atoms with Crippen molar-refractivity contribution in [2.45, 2.75) is 6.54 Å². The highest BCUT2D eigenvalue weighted by Gasteiger charge is 1.99. The van der Waals surface area contributed by atoms with Crippen LogP contribution in [0.4, 0.5) is 0 Å². The molecule has 2 aromatic carbocycles. The zero-order chi connectivity index (χ0) is 16.1. The minimum Gasteiger partial charge on any atom is -0.348 e. The monoisotopic (exact) mass is 322 g/mol. The molecule has 0 atom stereocenters. The molecule has 114 valence electrons. The van der Waals surface area contributed by atoms with Gasteiger partial charge in [0.25, 0.3) is 0 Å². The van der Waals surface area contributed by atoms with Crippen LogP contribution in [0.3, 0.4) is 0 Å². The average molecular weight is 323 g/mol. The molecule has 0 bridgehead atoms. The number of halogens is 1. The van der Waals surface area contributed by atoms with E-state index in [-0.39, 0.29) is 5.91 Å². The number of fused-ring (bicyclic) bond motifs is 1. The number of amides is 1. The summed E-state index contributed by atoms with van der Waals surface area (Å²) in [5.41, 5.74) is 2.59. The van der Waals surface area contributed by atoms with Crippen LogP contribution in [0.1, 0.15) is 11.3 Å². The van der Waals surface area contributed by atoms with Crippen LogP contribution >= 0.6 is 11.6 Å². The van der Waals surface area contributed by atoms with Gasteiger partial charge in [-0.15, -0.1) is 0 Å². The molecule has 0 aliphatic heterocycles. The molecule has 0 saturated heterocycles. The Morgan fingerprint density at radius 1 is 1.09 bits per heavy atom. The predicted molar refractivity (Wildman–Crippen MR) is 94.1 cm³/mol. The summed E-state index contributed by atoms with van der Waals surface area (Å²) in [5, 5.41) is 4.50. The van der Waals surface area contributed by atoms with Crippen molar-refractivity contribution in [1.82, 2.24) is 10.3 Å². The normalized spacial score (nSPS) is 11.0. The molecule has 0 radical (unpaired) electrons. The van der Waals surface area contributed by atoms with E-state index in [1.807, 2.05) is 60.7 Å². The highest BCUT2D eigenvalue weighted by Crippen LogP contribution is 2.18. The Labute approximate surface area is 139 Å². The first kappa shape index (κ1) is 15.3. The van der Waals surface area contributed by atoms with Gasteiger partial charge in [-0.3, -0.25) is 4.79 Å². The van der Waals surface area contributed by atoms with Gasteiger partial charge in [-0.1, -0.05) is 54.1 Å². The highest BCUT2D eigenvalue weighted by atomic mass is 35.5. The molecule has 23 heavy (non-hydrogen) atoms. The number of nitrogens with zero attached hydrogens (tertiary/aromatic N) is 1. The molecule has 0 unspecified atom stereocenters. The number of pyridine rings is 1. The molecule has 0 aliphatic rings. The number of carbonyl (C=O) groups is 1. The molecule has 1 amide bonds. The second-order valence-corrected chi connectivity index (χ2v) is 5.55. The van der Waals surface area contributed by atoms with Crippen LogP contribution in [0, 0.1) is 0 Å². The summed E-state index contributed by atoms with van der Waals surface area (Å²) >= 11 is 5.98. The van der Waals surface area contributed by atoms with Crippen LogP contribution in [0.15, 0.2) is 66.7 Å². The molecule has 0 spiro atoms. The standard InChI is InChI=1S/C19H15ClN2O/c20-16-8-6-15-7-9-17(22-18(15)12-16)10-11-19(23)21-13-14-4-2-1-3-5-14/h1-12H,13H2,(H,21,23)/b11-10+. The zero-order valence-corrected chi connectivity index (χ0v) is 13.1. The Morgan fingerprint density at radius 2 is 1.87 bits per heavy atom. The van der Waals surface area contributed by atoms with Gasteiger partial charge in [0.05, 0.1) is 11.2 Å². The van der Waals surface area contributed by atoms with Crippen molar-refractivity contribution in [1.29, 1.82) is 0 Å². The highest BCUT2D eigenvalue weighted by molar-refractivity contribution is 6.31. The lowest BCUT2D eigenvalue weighted by molar-refractivity contribution is -0.116. The van der Waals surface area contributed by atoms with Gasteiger partial charge < -0.3 is 5.32 Å². The van der Waals surface area contributed by atoms with Gasteiger partial charge in [0, 0.05) is 23.0 Å². The number of rotatable bonds is 4. The van der Waals surface area contributed by atoms with E-state index in [2.05, 4.69) is 10.3 Å². The van der Waals surface area contributed by atoms with Gasteiger partial charge >= 0.3 is 0 Å². The number of aromatic nitrogens is 1. The van der Waals surface area contributed by atoms with Crippen LogP contribution in [-0.2, 0) is 11.3 Å². The first-order valence-electron chi connectivity index (χ1n) is 7.27.